The molecule has 3 heterocycles. The van der Waals surface area contributed by atoms with E-state index in [1.54, 1.807) is 0 Å². The van der Waals surface area contributed by atoms with E-state index in [1.807, 2.05) is 24.1 Å². The highest BCUT2D eigenvalue weighted by Crippen LogP contribution is 2.39. The van der Waals surface area contributed by atoms with Gasteiger partial charge in [-0.15, -0.1) is 6.42 Å². The third kappa shape index (κ3) is 5.13. The molecule has 4 aromatic rings. The van der Waals surface area contributed by atoms with Gasteiger partial charge in [-0.2, -0.15) is 9.97 Å². The first-order valence-electron chi connectivity index (χ1n) is 14.4. The fourth-order valence-corrected chi connectivity index (χ4v) is 5.96. The number of hydrogen-bond acceptors (Lipinski definition) is 8. The molecule has 6 rings (SSSR count). The number of aromatic nitrogens is 3. The first kappa shape index (κ1) is 28.8. The van der Waals surface area contributed by atoms with Gasteiger partial charge in [0.25, 0.3) is 0 Å². The Morgan fingerprint density at radius 1 is 1.26 bits per heavy atom. The van der Waals surface area contributed by atoms with E-state index in [1.165, 1.54) is 30.5 Å². The topological polar surface area (TPSA) is 94.8 Å². The lowest BCUT2D eigenvalue weighted by atomic mass is 9.95. The number of benzene rings is 2. The molecule has 0 bridgehead atoms. The standard InChI is InChI=1S/C33H33F2N5O3/c1-4-23-26(34)11-10-20-16-22(42)17-24(27(20)23)29-28(35)30-25(18-36-29)31(40(14-7-15-41)21-8-5-9-21)38-32(37-30)43-19-33(2)12-6-13-39(33)3/h1,5,8,10-11,16-18,21,41-42H,6-7,9,12-15,19H2,2-3H3/t21-,33-/m1/s1. The third-order valence-electron chi connectivity index (χ3n) is 8.70. The number of terminal acetylenes is 1. The summed E-state index contributed by atoms with van der Waals surface area (Å²) in [5.74, 6) is 1.25. The van der Waals surface area contributed by atoms with Crippen LogP contribution in [-0.4, -0.2) is 75.0 Å². The third-order valence-corrected chi connectivity index (χ3v) is 8.70. The number of phenols is 1. The molecule has 0 saturated carbocycles. The highest BCUT2D eigenvalue weighted by Gasteiger charge is 2.35. The van der Waals surface area contributed by atoms with Crippen LogP contribution in [0.15, 0.2) is 42.6 Å². The zero-order valence-electron chi connectivity index (χ0n) is 24.1. The summed E-state index contributed by atoms with van der Waals surface area (Å²) in [7, 11) is 2.05. The van der Waals surface area contributed by atoms with Crippen molar-refractivity contribution in [2.45, 2.75) is 44.2 Å². The first-order valence-corrected chi connectivity index (χ1v) is 14.4. The highest BCUT2D eigenvalue weighted by atomic mass is 19.1. The number of rotatable bonds is 9. The van der Waals surface area contributed by atoms with E-state index in [-0.39, 0.29) is 57.7 Å². The molecular weight excluding hydrogens is 552 g/mol. The zero-order chi connectivity index (χ0) is 30.3. The van der Waals surface area contributed by atoms with Crippen LogP contribution in [0, 0.1) is 24.0 Å². The average molecular weight is 586 g/mol. The number of pyridine rings is 1. The molecule has 2 atom stereocenters. The van der Waals surface area contributed by atoms with Gasteiger partial charge in [-0.05, 0) is 69.8 Å². The van der Waals surface area contributed by atoms with Crippen molar-refractivity contribution in [3.63, 3.8) is 0 Å². The summed E-state index contributed by atoms with van der Waals surface area (Å²) in [6.07, 6.45) is 14.5. The van der Waals surface area contributed by atoms with Crippen LogP contribution in [0.3, 0.4) is 0 Å². The molecular formula is C33H33F2N5O3. The van der Waals surface area contributed by atoms with Crippen LogP contribution in [0.2, 0.25) is 0 Å². The molecule has 1 aliphatic heterocycles. The van der Waals surface area contributed by atoms with Gasteiger partial charge in [-0.3, -0.25) is 9.88 Å². The SMILES string of the molecule is C#Cc1c(F)ccc2cc(O)cc(-c3ncc4c(N(CCCO)[C@@H]5C=CC5)nc(OC[C@@]5(C)CCCN5C)nc4c3F)c12. The normalized spacial score (nSPS) is 20.0. The number of ether oxygens (including phenoxy) is 1. The predicted octanol–water partition coefficient (Wildman–Crippen LogP) is 5.19. The van der Waals surface area contributed by atoms with Gasteiger partial charge in [0.2, 0.25) is 0 Å². The van der Waals surface area contributed by atoms with Gasteiger partial charge in [0.05, 0.1) is 22.5 Å². The van der Waals surface area contributed by atoms with Crippen molar-refractivity contribution in [1.29, 1.82) is 0 Å². The number of aromatic hydroxyl groups is 1. The van der Waals surface area contributed by atoms with E-state index in [4.69, 9.17) is 16.1 Å². The zero-order valence-corrected chi connectivity index (χ0v) is 24.1. The molecule has 1 fully saturated rings. The maximum Gasteiger partial charge on any atom is 0.319 e. The van der Waals surface area contributed by atoms with Crippen LogP contribution in [0.5, 0.6) is 11.8 Å². The Kier molecular flexibility index (Phi) is 7.63. The number of anilines is 1. The van der Waals surface area contributed by atoms with Gasteiger partial charge in [-0.1, -0.05) is 24.1 Å². The van der Waals surface area contributed by atoms with Crippen molar-refractivity contribution in [2.75, 3.05) is 38.3 Å². The molecule has 0 radical (unpaired) electrons. The molecule has 222 valence electrons. The molecule has 1 saturated heterocycles. The summed E-state index contributed by atoms with van der Waals surface area (Å²) in [4.78, 5) is 18.0. The minimum atomic E-state index is -0.777. The van der Waals surface area contributed by atoms with Crippen LogP contribution in [0.1, 0.15) is 38.2 Å². The Hall–Kier alpha value is -4.33. The maximum atomic E-state index is 16.7. The summed E-state index contributed by atoms with van der Waals surface area (Å²) >= 11 is 0. The van der Waals surface area contributed by atoms with Crippen molar-refractivity contribution in [3.8, 4) is 35.4 Å². The number of phenolic OH excluding ortho intramolecular Hbond substituents is 1. The van der Waals surface area contributed by atoms with Gasteiger partial charge in [0.1, 0.15) is 35.2 Å². The van der Waals surface area contributed by atoms with Crippen molar-refractivity contribution >= 4 is 27.5 Å². The Labute approximate surface area is 248 Å². The summed E-state index contributed by atoms with van der Waals surface area (Å²) in [6.45, 7) is 3.85. The number of halogens is 2. The second kappa shape index (κ2) is 11.4. The molecule has 43 heavy (non-hydrogen) atoms. The molecule has 0 amide bonds. The number of fused-ring (bicyclic) bond motifs is 2. The lowest BCUT2D eigenvalue weighted by Crippen LogP contribution is -2.43. The van der Waals surface area contributed by atoms with Crippen LogP contribution in [0.25, 0.3) is 32.9 Å². The van der Waals surface area contributed by atoms with Gasteiger partial charge >= 0.3 is 6.01 Å². The minimum Gasteiger partial charge on any atom is -0.508 e. The molecule has 2 aromatic heterocycles. The van der Waals surface area contributed by atoms with Crippen molar-refractivity contribution in [3.05, 3.63) is 59.8 Å². The van der Waals surface area contributed by atoms with Crippen molar-refractivity contribution < 1.29 is 23.7 Å². The second-order valence-electron chi connectivity index (χ2n) is 11.5. The number of aliphatic hydroxyl groups is 1. The predicted molar refractivity (Wildman–Crippen MR) is 162 cm³/mol. The number of nitrogens with zero attached hydrogens (tertiary/aromatic N) is 5. The van der Waals surface area contributed by atoms with Gasteiger partial charge in [0.15, 0.2) is 5.82 Å². The number of hydrogen-bond donors (Lipinski definition) is 2. The first-order chi connectivity index (χ1) is 20.7. The molecule has 0 spiro atoms. The van der Waals surface area contributed by atoms with Gasteiger partial charge < -0.3 is 19.8 Å². The monoisotopic (exact) mass is 585 g/mol. The van der Waals surface area contributed by atoms with E-state index in [9.17, 15) is 14.6 Å². The van der Waals surface area contributed by atoms with Crippen LogP contribution < -0.4 is 9.64 Å². The van der Waals surface area contributed by atoms with Crippen molar-refractivity contribution in [2.24, 2.45) is 0 Å². The Morgan fingerprint density at radius 3 is 2.74 bits per heavy atom. The van der Waals surface area contributed by atoms with Gasteiger partial charge in [-0.25, -0.2) is 8.78 Å². The van der Waals surface area contributed by atoms with Crippen LogP contribution in [-0.2, 0) is 0 Å². The minimum absolute atomic E-state index is 0.00916. The second-order valence-corrected chi connectivity index (χ2v) is 11.5. The summed E-state index contributed by atoms with van der Waals surface area (Å²) in [5.41, 5.74) is -0.295. The van der Waals surface area contributed by atoms with E-state index >= 15 is 4.39 Å². The lowest BCUT2D eigenvalue weighted by molar-refractivity contribution is 0.108. The highest BCUT2D eigenvalue weighted by molar-refractivity contribution is 6.03. The summed E-state index contributed by atoms with van der Waals surface area (Å²) < 4.78 is 37.6. The van der Waals surface area contributed by atoms with E-state index in [0.29, 0.717) is 36.2 Å². The molecule has 8 nitrogen and oxygen atoms in total. The quantitative estimate of drug-likeness (QED) is 0.205. The number of likely N-dealkylation sites (N-methyl/N-ethyl adjacent to an activating group) is 1. The molecule has 10 heteroatoms. The van der Waals surface area contributed by atoms with Crippen LogP contribution in [0.4, 0.5) is 14.6 Å². The lowest BCUT2D eigenvalue weighted by Gasteiger charge is -2.35. The number of aliphatic hydroxyl groups excluding tert-OH is 1. The Balaban J connectivity index is 1.55. The summed E-state index contributed by atoms with van der Waals surface area (Å²) in [6, 6.07) is 5.49. The maximum absolute atomic E-state index is 16.7. The average Bonchev–Trinajstić information content (AvgIpc) is 3.30. The molecule has 2 N–H and O–H groups in total. The van der Waals surface area contributed by atoms with E-state index in [0.717, 1.165) is 25.8 Å². The largest absolute Gasteiger partial charge is 0.508 e. The Morgan fingerprint density at radius 2 is 2.07 bits per heavy atom. The summed E-state index contributed by atoms with van der Waals surface area (Å²) in [5, 5.41) is 21.2. The fourth-order valence-electron chi connectivity index (χ4n) is 5.96. The number of likely N-dealkylation sites (tertiary alicyclic amines) is 1. The smallest absolute Gasteiger partial charge is 0.319 e. The van der Waals surface area contributed by atoms with Gasteiger partial charge in [0, 0.05) is 30.3 Å². The van der Waals surface area contributed by atoms with E-state index in [2.05, 4.69) is 27.7 Å². The van der Waals surface area contributed by atoms with Crippen molar-refractivity contribution in [1.82, 2.24) is 19.9 Å². The molecule has 2 aromatic carbocycles. The van der Waals surface area contributed by atoms with E-state index < -0.39 is 11.6 Å². The molecule has 1 aliphatic carbocycles. The fraction of sp³-hybridized carbons (Fsp3) is 0.364. The molecule has 0 unspecified atom stereocenters. The Bertz CT molecular complexity index is 1790. The molecule has 2 aliphatic rings. The van der Waals surface area contributed by atoms with Crippen LogP contribution >= 0.6 is 0 Å².